The van der Waals surface area contributed by atoms with Gasteiger partial charge in [-0.2, -0.15) is 5.26 Å². The van der Waals surface area contributed by atoms with Gasteiger partial charge in [0.1, 0.15) is 11.9 Å². The summed E-state index contributed by atoms with van der Waals surface area (Å²) in [5, 5.41) is 8.85. The summed E-state index contributed by atoms with van der Waals surface area (Å²) in [7, 11) is -3.11. The maximum atomic E-state index is 11.5. The molecule has 0 amide bonds. The molecule has 0 radical (unpaired) electrons. The monoisotopic (exact) mass is 356 g/mol. The van der Waals surface area contributed by atoms with Crippen LogP contribution in [-0.4, -0.2) is 38.2 Å². The van der Waals surface area contributed by atoms with Crippen molar-refractivity contribution in [3.63, 3.8) is 0 Å². The smallest absolute Gasteiger partial charge is 0.211 e. The Kier molecular flexibility index (Phi) is 5.07. The van der Waals surface area contributed by atoms with Crippen molar-refractivity contribution in [3.05, 3.63) is 54.1 Å². The van der Waals surface area contributed by atoms with E-state index in [2.05, 4.69) is 6.07 Å². The van der Waals surface area contributed by atoms with Crippen LogP contribution in [0.2, 0.25) is 0 Å². The number of piperidine rings is 1. The van der Waals surface area contributed by atoms with Crippen LogP contribution in [0.5, 0.6) is 5.75 Å². The number of hydrogen-bond donors (Lipinski definition) is 0. The average molecular weight is 356 g/mol. The van der Waals surface area contributed by atoms with Gasteiger partial charge in [-0.05, 0) is 48.2 Å². The fraction of sp³-hybridized carbons (Fsp3) is 0.316. The van der Waals surface area contributed by atoms with Gasteiger partial charge in [0.25, 0.3) is 0 Å². The minimum absolute atomic E-state index is 0.0405. The lowest BCUT2D eigenvalue weighted by Gasteiger charge is -2.30. The van der Waals surface area contributed by atoms with Crippen molar-refractivity contribution in [3.8, 4) is 22.9 Å². The number of rotatable bonds is 4. The highest BCUT2D eigenvalue weighted by atomic mass is 32.2. The molecule has 0 saturated carbocycles. The molecule has 3 rings (SSSR count). The summed E-state index contributed by atoms with van der Waals surface area (Å²) in [6.07, 6.45) is 2.68. The number of hydrogen-bond acceptors (Lipinski definition) is 4. The Labute approximate surface area is 148 Å². The van der Waals surface area contributed by atoms with Gasteiger partial charge in [0, 0.05) is 13.1 Å². The lowest BCUT2D eigenvalue weighted by molar-refractivity contribution is 0.135. The first kappa shape index (κ1) is 17.5. The van der Waals surface area contributed by atoms with Gasteiger partial charge in [-0.25, -0.2) is 12.7 Å². The first-order valence-electron chi connectivity index (χ1n) is 8.18. The second-order valence-electron chi connectivity index (χ2n) is 6.19. The van der Waals surface area contributed by atoms with E-state index >= 15 is 0 Å². The highest BCUT2D eigenvalue weighted by Gasteiger charge is 2.25. The van der Waals surface area contributed by atoms with Crippen LogP contribution in [0.1, 0.15) is 18.4 Å². The fourth-order valence-electron chi connectivity index (χ4n) is 2.94. The molecule has 0 N–H and O–H groups in total. The molecule has 6 heteroatoms. The maximum absolute atomic E-state index is 11.5. The van der Waals surface area contributed by atoms with E-state index < -0.39 is 10.0 Å². The minimum atomic E-state index is -3.11. The van der Waals surface area contributed by atoms with Crippen molar-refractivity contribution < 1.29 is 13.2 Å². The van der Waals surface area contributed by atoms with E-state index in [4.69, 9.17) is 10.00 Å². The van der Waals surface area contributed by atoms with Gasteiger partial charge in [0.2, 0.25) is 10.0 Å². The quantitative estimate of drug-likeness (QED) is 0.844. The molecule has 0 atom stereocenters. The van der Waals surface area contributed by atoms with Crippen LogP contribution in [0.3, 0.4) is 0 Å². The molecule has 0 unspecified atom stereocenters. The SMILES string of the molecule is CS(=O)(=O)N1CCC(Oc2ccc(-c3ccc(C#N)cc3)cc2)CC1. The molecule has 25 heavy (non-hydrogen) atoms. The molecular formula is C19H20N2O3S. The number of nitriles is 1. The van der Waals surface area contributed by atoms with E-state index in [1.54, 1.807) is 12.1 Å². The predicted molar refractivity (Wildman–Crippen MR) is 96.7 cm³/mol. The standard InChI is InChI=1S/C19H20N2O3S/c1-25(22,23)21-12-10-19(11-13-21)24-18-8-6-17(7-9-18)16-4-2-15(14-20)3-5-16/h2-9,19H,10-13H2,1H3. The van der Waals surface area contributed by atoms with Crippen molar-refractivity contribution in [2.45, 2.75) is 18.9 Å². The fourth-order valence-corrected chi connectivity index (χ4v) is 3.81. The number of nitrogens with zero attached hydrogens (tertiary/aromatic N) is 2. The molecule has 2 aromatic rings. The number of benzene rings is 2. The Hall–Kier alpha value is -2.36. The molecule has 1 aliphatic heterocycles. The van der Waals surface area contributed by atoms with E-state index in [9.17, 15) is 8.42 Å². The summed E-state index contributed by atoms with van der Waals surface area (Å²) < 4.78 is 30.5. The lowest BCUT2D eigenvalue weighted by atomic mass is 10.0. The van der Waals surface area contributed by atoms with Crippen LogP contribution < -0.4 is 4.74 Å². The second kappa shape index (κ2) is 7.26. The lowest BCUT2D eigenvalue weighted by Crippen LogP contribution is -2.41. The van der Waals surface area contributed by atoms with Crippen LogP contribution in [0.15, 0.2) is 48.5 Å². The van der Waals surface area contributed by atoms with Crippen LogP contribution >= 0.6 is 0 Å². The molecule has 0 aromatic heterocycles. The highest BCUT2D eigenvalue weighted by molar-refractivity contribution is 7.88. The normalized spacial score (nSPS) is 16.3. The minimum Gasteiger partial charge on any atom is -0.490 e. The van der Waals surface area contributed by atoms with Gasteiger partial charge in [-0.15, -0.1) is 0 Å². The third-order valence-corrected chi connectivity index (χ3v) is 5.68. The van der Waals surface area contributed by atoms with Crippen molar-refractivity contribution in [1.82, 2.24) is 4.31 Å². The van der Waals surface area contributed by atoms with Gasteiger partial charge < -0.3 is 4.74 Å². The Balaban J connectivity index is 1.61. The van der Waals surface area contributed by atoms with Crippen LogP contribution in [0.4, 0.5) is 0 Å². The average Bonchev–Trinajstić information content (AvgIpc) is 2.62. The summed E-state index contributed by atoms with van der Waals surface area (Å²) in [4.78, 5) is 0. The van der Waals surface area contributed by atoms with Crippen molar-refractivity contribution in [1.29, 1.82) is 5.26 Å². The zero-order valence-corrected chi connectivity index (χ0v) is 14.9. The predicted octanol–water partition coefficient (Wildman–Crippen LogP) is 3.03. The molecule has 5 nitrogen and oxygen atoms in total. The largest absolute Gasteiger partial charge is 0.490 e. The summed E-state index contributed by atoms with van der Waals surface area (Å²) in [5.41, 5.74) is 2.75. The van der Waals surface area contributed by atoms with Crippen LogP contribution in [0, 0.1) is 11.3 Å². The molecule has 0 bridgehead atoms. The van der Waals surface area contributed by atoms with Gasteiger partial charge >= 0.3 is 0 Å². The molecular weight excluding hydrogens is 336 g/mol. The molecule has 2 aromatic carbocycles. The summed E-state index contributed by atoms with van der Waals surface area (Å²) in [6.45, 7) is 1.01. The van der Waals surface area contributed by atoms with Crippen molar-refractivity contribution >= 4 is 10.0 Å². The van der Waals surface area contributed by atoms with Gasteiger partial charge in [0.05, 0.1) is 17.9 Å². The summed E-state index contributed by atoms with van der Waals surface area (Å²) in [6, 6.07) is 17.4. The molecule has 1 fully saturated rings. The van der Waals surface area contributed by atoms with Gasteiger partial charge in [0.15, 0.2) is 0 Å². The molecule has 1 heterocycles. The molecule has 1 aliphatic rings. The molecule has 130 valence electrons. The molecule has 0 spiro atoms. The third kappa shape index (κ3) is 4.38. The number of sulfonamides is 1. The zero-order valence-electron chi connectivity index (χ0n) is 14.1. The van der Waals surface area contributed by atoms with Gasteiger partial charge in [-0.1, -0.05) is 24.3 Å². The Morgan fingerprint density at radius 2 is 1.52 bits per heavy atom. The number of ether oxygens (including phenoxy) is 1. The van der Waals surface area contributed by atoms with Crippen LogP contribution in [0.25, 0.3) is 11.1 Å². The van der Waals surface area contributed by atoms with E-state index in [1.807, 2.05) is 36.4 Å². The summed E-state index contributed by atoms with van der Waals surface area (Å²) in [5.74, 6) is 0.787. The Morgan fingerprint density at radius 1 is 1.00 bits per heavy atom. The first-order valence-corrected chi connectivity index (χ1v) is 10.0. The van der Waals surface area contributed by atoms with E-state index in [0.29, 0.717) is 31.5 Å². The van der Waals surface area contributed by atoms with Crippen LogP contribution in [-0.2, 0) is 10.0 Å². The first-order chi connectivity index (χ1) is 12.0. The molecule has 1 saturated heterocycles. The Bertz CT molecular complexity index is 860. The second-order valence-corrected chi connectivity index (χ2v) is 8.18. The topological polar surface area (TPSA) is 70.4 Å². The molecule has 0 aliphatic carbocycles. The van der Waals surface area contributed by atoms with E-state index in [1.165, 1.54) is 10.6 Å². The van der Waals surface area contributed by atoms with Crippen molar-refractivity contribution in [2.75, 3.05) is 19.3 Å². The Morgan fingerprint density at radius 3 is 2.00 bits per heavy atom. The summed E-state index contributed by atoms with van der Waals surface area (Å²) >= 11 is 0. The maximum Gasteiger partial charge on any atom is 0.211 e. The van der Waals surface area contributed by atoms with Crippen molar-refractivity contribution in [2.24, 2.45) is 0 Å². The van der Waals surface area contributed by atoms with E-state index in [-0.39, 0.29) is 6.10 Å². The van der Waals surface area contributed by atoms with E-state index in [0.717, 1.165) is 16.9 Å². The highest BCUT2D eigenvalue weighted by Crippen LogP contribution is 2.25. The van der Waals surface area contributed by atoms with Gasteiger partial charge in [-0.3, -0.25) is 0 Å². The third-order valence-electron chi connectivity index (χ3n) is 4.37. The zero-order chi connectivity index (χ0) is 17.9.